The Morgan fingerprint density at radius 2 is 1.86 bits per heavy atom. The predicted octanol–water partition coefficient (Wildman–Crippen LogP) is 2.72. The zero-order valence-electron chi connectivity index (χ0n) is 19.0. The van der Waals surface area contributed by atoms with Crippen LogP contribution in [-0.4, -0.2) is 70.8 Å². The fourth-order valence-electron chi connectivity index (χ4n) is 3.23. The molecule has 0 aliphatic rings. The van der Waals surface area contributed by atoms with Crippen LogP contribution >= 0.6 is 11.6 Å². The third-order valence-corrected chi connectivity index (χ3v) is 7.26. The highest BCUT2D eigenvalue weighted by Crippen LogP contribution is 2.27. The summed E-state index contributed by atoms with van der Waals surface area (Å²) in [5.41, 5.74) is 0.315. The van der Waals surface area contributed by atoms with Crippen LogP contribution in [0.1, 0.15) is 24.7 Å². The summed E-state index contributed by atoms with van der Waals surface area (Å²) in [4.78, 5) is 12.4. The lowest BCUT2D eigenvalue weighted by molar-refractivity contribution is -0.130. The van der Waals surface area contributed by atoms with Crippen molar-refractivity contribution < 1.29 is 31.4 Å². The van der Waals surface area contributed by atoms with E-state index in [-0.39, 0.29) is 34.9 Å². The number of nitrogens with zero attached hydrogens (tertiary/aromatic N) is 6. The third kappa shape index (κ3) is 6.66. The van der Waals surface area contributed by atoms with Crippen LogP contribution in [0.4, 0.5) is 8.78 Å². The van der Waals surface area contributed by atoms with Gasteiger partial charge in [-0.05, 0) is 13.0 Å². The van der Waals surface area contributed by atoms with Crippen LogP contribution in [-0.2, 0) is 31.6 Å². The van der Waals surface area contributed by atoms with Gasteiger partial charge in [0.2, 0.25) is 5.88 Å². The Labute approximate surface area is 205 Å². The minimum Gasteiger partial charge on any atom is -0.481 e. The molecule has 3 rings (SSSR count). The van der Waals surface area contributed by atoms with Crippen molar-refractivity contribution >= 4 is 21.4 Å². The highest BCUT2D eigenvalue weighted by molar-refractivity contribution is 7.91. The summed E-state index contributed by atoms with van der Waals surface area (Å²) in [7, 11) is -1.15. The van der Waals surface area contributed by atoms with Crippen molar-refractivity contribution in [1.82, 2.24) is 29.7 Å². The van der Waals surface area contributed by atoms with Crippen molar-refractivity contribution in [2.24, 2.45) is 0 Å². The molecule has 190 valence electrons. The fourth-order valence-corrected chi connectivity index (χ4v) is 4.77. The Morgan fingerprint density at radius 3 is 2.49 bits per heavy atom. The van der Waals surface area contributed by atoms with Gasteiger partial charge in [-0.2, -0.15) is 8.78 Å². The van der Waals surface area contributed by atoms with Gasteiger partial charge in [0.1, 0.15) is 23.4 Å². The van der Waals surface area contributed by atoms with Crippen LogP contribution in [0.5, 0.6) is 5.88 Å². The van der Waals surface area contributed by atoms with E-state index in [1.165, 1.54) is 38.1 Å². The number of hydrogen-bond donors (Lipinski definition) is 0. The molecule has 0 saturated heterocycles. The Balaban J connectivity index is 1.93. The molecule has 11 nitrogen and oxygen atoms in total. The van der Waals surface area contributed by atoms with Crippen molar-refractivity contribution in [2.75, 3.05) is 20.8 Å². The van der Waals surface area contributed by atoms with Gasteiger partial charge in [0.15, 0.2) is 21.5 Å². The summed E-state index contributed by atoms with van der Waals surface area (Å²) in [6, 6.07) is 4.88. The molecule has 0 bridgehead atoms. The maximum atomic E-state index is 13.3. The Bertz CT molecular complexity index is 1230. The second kappa shape index (κ2) is 11.7. The van der Waals surface area contributed by atoms with E-state index >= 15 is 0 Å². The van der Waals surface area contributed by atoms with E-state index in [1.54, 1.807) is 18.2 Å². The first-order valence-electron chi connectivity index (χ1n) is 10.2. The molecule has 0 amide bonds. The summed E-state index contributed by atoms with van der Waals surface area (Å²) in [6.45, 7) is -2.08. The predicted molar refractivity (Wildman–Crippen MR) is 121 cm³/mol. The highest BCUT2D eigenvalue weighted by atomic mass is 35.5. The zero-order chi connectivity index (χ0) is 25.6. The van der Waals surface area contributed by atoms with Gasteiger partial charge in [-0.25, -0.2) is 23.4 Å². The molecule has 0 saturated carbocycles. The van der Waals surface area contributed by atoms with Gasteiger partial charge >= 0.3 is 6.61 Å². The van der Waals surface area contributed by atoms with Crippen LogP contribution in [0.3, 0.4) is 0 Å². The smallest absolute Gasteiger partial charge is 0.345 e. The molecule has 3 aromatic heterocycles. The number of ether oxygens (including phenoxy) is 3. The maximum Gasteiger partial charge on any atom is 0.345 e. The highest BCUT2D eigenvalue weighted by Gasteiger charge is 2.34. The summed E-state index contributed by atoms with van der Waals surface area (Å²) in [5.74, 6) is 0.0496. The molecule has 3 heterocycles. The molecule has 3 aromatic rings. The molecule has 15 heteroatoms. The van der Waals surface area contributed by atoms with Gasteiger partial charge in [0.05, 0.1) is 24.0 Å². The van der Waals surface area contributed by atoms with Crippen molar-refractivity contribution in [1.29, 1.82) is 0 Å². The average molecular weight is 533 g/mol. The van der Waals surface area contributed by atoms with E-state index in [0.29, 0.717) is 5.69 Å². The second-order valence-electron chi connectivity index (χ2n) is 7.22. The van der Waals surface area contributed by atoms with E-state index < -0.39 is 40.2 Å². The normalized spacial score (nSPS) is 13.7. The summed E-state index contributed by atoms with van der Waals surface area (Å²) >= 11 is 5.81. The fraction of sp³-hybridized carbons (Fsp3) is 0.450. The largest absolute Gasteiger partial charge is 0.481 e. The molecular weight excluding hydrogens is 510 g/mol. The van der Waals surface area contributed by atoms with Gasteiger partial charge in [-0.3, -0.25) is 0 Å². The first-order chi connectivity index (χ1) is 16.7. The standard InChI is InChI=1S/C20H23ClF2N6O5S/c1-12(17(33-3)18-24-9-13(21)10-25-18)35(30,31)11-15-27-28-19(29(15)7-8-34-20(22)23)14-5-4-6-16(26-14)32-2/h4-6,9-10,12,17,20H,7-8,11H2,1-3H3/t12-,17-/m0/s1. The number of halogens is 3. The summed E-state index contributed by atoms with van der Waals surface area (Å²) in [5, 5.41) is 7.26. The van der Waals surface area contributed by atoms with Gasteiger partial charge in [0, 0.05) is 32.1 Å². The Kier molecular flexibility index (Phi) is 8.99. The lowest BCUT2D eigenvalue weighted by Gasteiger charge is -2.21. The lowest BCUT2D eigenvalue weighted by Crippen LogP contribution is -2.30. The summed E-state index contributed by atoms with van der Waals surface area (Å²) < 4.78 is 67.9. The molecule has 0 unspecified atom stereocenters. The van der Waals surface area contributed by atoms with Crippen LogP contribution in [0, 0.1) is 0 Å². The number of sulfone groups is 1. The van der Waals surface area contributed by atoms with Crippen molar-refractivity contribution in [2.45, 2.75) is 37.2 Å². The number of alkyl halides is 2. The quantitative estimate of drug-likeness (QED) is 0.343. The maximum absolute atomic E-state index is 13.3. The number of rotatable bonds is 12. The van der Waals surface area contributed by atoms with E-state index in [9.17, 15) is 17.2 Å². The number of pyridine rings is 1. The zero-order valence-corrected chi connectivity index (χ0v) is 20.6. The molecule has 0 aliphatic heterocycles. The SMILES string of the molecule is COc1cccc(-c2nnc(CS(=O)(=O)[C@@H](C)[C@H](OC)c3ncc(Cl)cn3)n2CCOC(F)F)n1. The van der Waals surface area contributed by atoms with E-state index in [4.69, 9.17) is 21.1 Å². The topological polar surface area (TPSA) is 131 Å². The first kappa shape index (κ1) is 26.8. The molecule has 35 heavy (non-hydrogen) atoms. The van der Waals surface area contributed by atoms with Crippen molar-refractivity contribution in [3.8, 4) is 17.4 Å². The first-order valence-corrected chi connectivity index (χ1v) is 12.3. The molecular formula is C20H23ClF2N6O5S. The van der Waals surface area contributed by atoms with Crippen molar-refractivity contribution in [3.05, 3.63) is 47.3 Å². The van der Waals surface area contributed by atoms with Crippen LogP contribution in [0.2, 0.25) is 5.02 Å². The molecule has 0 radical (unpaired) electrons. The monoisotopic (exact) mass is 532 g/mol. The molecule has 0 fully saturated rings. The minimum absolute atomic E-state index is 0.0150. The third-order valence-electron chi connectivity index (χ3n) is 5.02. The minimum atomic E-state index is -3.92. The van der Waals surface area contributed by atoms with Crippen LogP contribution < -0.4 is 4.74 Å². The molecule has 0 aromatic carbocycles. The van der Waals surface area contributed by atoms with E-state index in [2.05, 4.69) is 29.9 Å². The van der Waals surface area contributed by atoms with E-state index in [0.717, 1.165) is 0 Å². The van der Waals surface area contributed by atoms with Gasteiger partial charge < -0.3 is 18.8 Å². The van der Waals surface area contributed by atoms with Gasteiger partial charge in [-0.15, -0.1) is 10.2 Å². The average Bonchev–Trinajstić information content (AvgIpc) is 3.22. The van der Waals surface area contributed by atoms with Gasteiger partial charge in [-0.1, -0.05) is 17.7 Å². The Hall–Kier alpha value is -2.81. The lowest BCUT2D eigenvalue weighted by atomic mass is 10.2. The van der Waals surface area contributed by atoms with Crippen molar-refractivity contribution in [3.63, 3.8) is 0 Å². The second-order valence-corrected chi connectivity index (χ2v) is 10.0. The molecule has 2 atom stereocenters. The number of hydrogen-bond acceptors (Lipinski definition) is 10. The number of aromatic nitrogens is 6. The van der Waals surface area contributed by atoms with Crippen LogP contribution in [0.25, 0.3) is 11.5 Å². The van der Waals surface area contributed by atoms with Gasteiger partial charge in [0.25, 0.3) is 0 Å². The number of methoxy groups -OCH3 is 2. The molecule has 0 aliphatic carbocycles. The molecule has 0 spiro atoms. The Morgan fingerprint density at radius 1 is 1.14 bits per heavy atom. The molecule has 0 N–H and O–H groups in total. The summed E-state index contributed by atoms with van der Waals surface area (Å²) in [6.07, 6.45) is 1.68. The van der Waals surface area contributed by atoms with Crippen LogP contribution in [0.15, 0.2) is 30.6 Å². The van der Waals surface area contributed by atoms with E-state index in [1.807, 2.05) is 0 Å².